The summed E-state index contributed by atoms with van der Waals surface area (Å²) in [5, 5.41) is 3.57. The Labute approximate surface area is 105 Å². The minimum Gasteiger partial charge on any atom is -0.367 e. The number of hydrogen-bond acceptors (Lipinski definition) is 2. The highest BCUT2D eigenvalue weighted by Gasteiger charge is 2.26. The molecule has 0 aliphatic carbocycles. The van der Waals surface area contributed by atoms with Crippen LogP contribution in [0.4, 0.5) is 5.69 Å². The van der Waals surface area contributed by atoms with Gasteiger partial charge in [-0.3, -0.25) is 0 Å². The molecule has 0 saturated heterocycles. The molecular weight excluding hydrogens is 208 g/mol. The van der Waals surface area contributed by atoms with Gasteiger partial charge in [0, 0.05) is 24.3 Å². The standard InChI is InChI=1S/C15H24N2/c1-4-9-16-12(2)11-17-13(3)10-14-7-5-6-8-15(14)17/h5-8,12-13,16H,4,9-11H2,1-3H3. The number of nitrogens with zero attached hydrogens (tertiary/aromatic N) is 1. The molecule has 2 unspecified atom stereocenters. The number of rotatable bonds is 5. The molecule has 17 heavy (non-hydrogen) atoms. The molecule has 0 aromatic heterocycles. The molecular formula is C15H24N2. The van der Waals surface area contributed by atoms with Crippen LogP contribution in [-0.4, -0.2) is 25.2 Å². The quantitative estimate of drug-likeness (QED) is 0.840. The van der Waals surface area contributed by atoms with Crippen LogP contribution in [0.15, 0.2) is 24.3 Å². The van der Waals surface area contributed by atoms with Crippen molar-refractivity contribution in [3.8, 4) is 0 Å². The number of hydrogen-bond donors (Lipinski definition) is 1. The molecule has 2 rings (SSSR count). The van der Waals surface area contributed by atoms with Gasteiger partial charge in [0.1, 0.15) is 0 Å². The minimum absolute atomic E-state index is 0.559. The summed E-state index contributed by atoms with van der Waals surface area (Å²) < 4.78 is 0. The third-order valence-corrected chi connectivity index (χ3v) is 3.56. The van der Waals surface area contributed by atoms with Crippen LogP contribution in [0.5, 0.6) is 0 Å². The molecule has 1 aromatic carbocycles. The zero-order chi connectivity index (χ0) is 12.3. The smallest absolute Gasteiger partial charge is 0.0402 e. The second-order valence-electron chi connectivity index (χ2n) is 5.19. The Morgan fingerprint density at radius 2 is 2.18 bits per heavy atom. The van der Waals surface area contributed by atoms with Crippen LogP contribution in [0.3, 0.4) is 0 Å². The Balaban J connectivity index is 2.01. The van der Waals surface area contributed by atoms with Crippen LogP contribution >= 0.6 is 0 Å². The van der Waals surface area contributed by atoms with E-state index in [-0.39, 0.29) is 0 Å². The van der Waals surface area contributed by atoms with Gasteiger partial charge in [-0.15, -0.1) is 0 Å². The SMILES string of the molecule is CCCNC(C)CN1c2ccccc2CC1C. The highest BCUT2D eigenvalue weighted by molar-refractivity contribution is 5.59. The second kappa shape index (κ2) is 5.54. The van der Waals surface area contributed by atoms with Crippen molar-refractivity contribution < 1.29 is 0 Å². The largest absolute Gasteiger partial charge is 0.367 e. The molecule has 1 aliphatic heterocycles. The Morgan fingerprint density at radius 1 is 1.41 bits per heavy atom. The first-order valence-electron chi connectivity index (χ1n) is 6.80. The zero-order valence-electron chi connectivity index (χ0n) is 11.2. The summed E-state index contributed by atoms with van der Waals surface area (Å²) in [5.41, 5.74) is 2.94. The predicted octanol–water partition coefficient (Wildman–Crippen LogP) is 2.83. The molecule has 0 spiro atoms. The van der Waals surface area contributed by atoms with Crippen molar-refractivity contribution in [2.45, 2.75) is 45.7 Å². The lowest BCUT2D eigenvalue weighted by atomic mass is 10.1. The Bertz CT molecular complexity index is 362. The van der Waals surface area contributed by atoms with E-state index in [1.54, 1.807) is 0 Å². The Morgan fingerprint density at radius 3 is 2.94 bits per heavy atom. The van der Waals surface area contributed by atoms with Crippen LogP contribution in [0.1, 0.15) is 32.8 Å². The van der Waals surface area contributed by atoms with E-state index in [1.165, 1.54) is 24.1 Å². The van der Waals surface area contributed by atoms with Gasteiger partial charge in [-0.2, -0.15) is 0 Å². The fraction of sp³-hybridized carbons (Fsp3) is 0.600. The number of para-hydroxylation sites is 1. The lowest BCUT2D eigenvalue weighted by molar-refractivity contribution is 0.517. The number of nitrogens with one attached hydrogen (secondary N) is 1. The fourth-order valence-electron chi connectivity index (χ4n) is 2.66. The molecule has 0 radical (unpaired) electrons. The summed E-state index contributed by atoms with van der Waals surface area (Å²) >= 11 is 0. The fourth-order valence-corrected chi connectivity index (χ4v) is 2.66. The van der Waals surface area contributed by atoms with Crippen molar-refractivity contribution in [3.05, 3.63) is 29.8 Å². The molecule has 0 amide bonds. The van der Waals surface area contributed by atoms with E-state index in [0.29, 0.717) is 12.1 Å². The van der Waals surface area contributed by atoms with Crippen molar-refractivity contribution in [2.75, 3.05) is 18.0 Å². The average molecular weight is 232 g/mol. The van der Waals surface area contributed by atoms with Crippen molar-refractivity contribution in [1.29, 1.82) is 0 Å². The molecule has 1 aromatic rings. The topological polar surface area (TPSA) is 15.3 Å². The molecule has 2 heteroatoms. The lowest BCUT2D eigenvalue weighted by Crippen LogP contribution is -2.42. The van der Waals surface area contributed by atoms with E-state index in [9.17, 15) is 0 Å². The number of fused-ring (bicyclic) bond motifs is 1. The molecule has 0 saturated carbocycles. The van der Waals surface area contributed by atoms with Gasteiger partial charge in [-0.05, 0) is 44.9 Å². The van der Waals surface area contributed by atoms with E-state index < -0.39 is 0 Å². The van der Waals surface area contributed by atoms with Gasteiger partial charge < -0.3 is 10.2 Å². The van der Waals surface area contributed by atoms with Crippen molar-refractivity contribution in [2.24, 2.45) is 0 Å². The molecule has 94 valence electrons. The van der Waals surface area contributed by atoms with Gasteiger partial charge in [0.05, 0.1) is 0 Å². The van der Waals surface area contributed by atoms with Crippen LogP contribution < -0.4 is 10.2 Å². The van der Waals surface area contributed by atoms with Crippen molar-refractivity contribution >= 4 is 5.69 Å². The van der Waals surface area contributed by atoms with Crippen LogP contribution in [0, 0.1) is 0 Å². The summed E-state index contributed by atoms with van der Waals surface area (Å²) in [4.78, 5) is 2.54. The third-order valence-electron chi connectivity index (χ3n) is 3.56. The maximum Gasteiger partial charge on any atom is 0.0402 e. The molecule has 1 N–H and O–H groups in total. The molecule has 2 nitrogen and oxygen atoms in total. The second-order valence-corrected chi connectivity index (χ2v) is 5.19. The van der Waals surface area contributed by atoms with Crippen molar-refractivity contribution in [1.82, 2.24) is 5.32 Å². The molecule has 1 heterocycles. The zero-order valence-corrected chi connectivity index (χ0v) is 11.2. The highest BCUT2D eigenvalue weighted by Crippen LogP contribution is 2.31. The molecule has 0 bridgehead atoms. The maximum absolute atomic E-state index is 3.57. The van der Waals surface area contributed by atoms with Crippen LogP contribution in [0.2, 0.25) is 0 Å². The summed E-state index contributed by atoms with van der Waals surface area (Å²) in [5.74, 6) is 0. The van der Waals surface area contributed by atoms with Gasteiger partial charge in [0.2, 0.25) is 0 Å². The number of anilines is 1. The van der Waals surface area contributed by atoms with E-state index in [2.05, 4.69) is 55.3 Å². The first kappa shape index (κ1) is 12.4. The minimum atomic E-state index is 0.559. The average Bonchev–Trinajstić information content (AvgIpc) is 2.64. The van der Waals surface area contributed by atoms with Crippen molar-refractivity contribution in [3.63, 3.8) is 0 Å². The number of benzene rings is 1. The third kappa shape index (κ3) is 2.81. The summed E-state index contributed by atoms with van der Waals surface area (Å²) in [6, 6.07) is 10.0. The highest BCUT2D eigenvalue weighted by atomic mass is 15.2. The van der Waals surface area contributed by atoms with Gasteiger partial charge in [0.15, 0.2) is 0 Å². The normalized spacial score (nSPS) is 20.4. The molecule has 2 atom stereocenters. The van der Waals surface area contributed by atoms with E-state index in [1.807, 2.05) is 0 Å². The van der Waals surface area contributed by atoms with E-state index in [4.69, 9.17) is 0 Å². The van der Waals surface area contributed by atoms with Gasteiger partial charge in [-0.1, -0.05) is 25.1 Å². The monoisotopic (exact) mass is 232 g/mol. The van der Waals surface area contributed by atoms with Crippen LogP contribution in [0.25, 0.3) is 0 Å². The first-order valence-corrected chi connectivity index (χ1v) is 6.80. The summed E-state index contributed by atoms with van der Waals surface area (Å²) in [7, 11) is 0. The molecule has 0 fully saturated rings. The van der Waals surface area contributed by atoms with Crippen LogP contribution in [-0.2, 0) is 6.42 Å². The van der Waals surface area contributed by atoms with E-state index >= 15 is 0 Å². The van der Waals surface area contributed by atoms with Gasteiger partial charge in [-0.25, -0.2) is 0 Å². The van der Waals surface area contributed by atoms with E-state index in [0.717, 1.165) is 13.1 Å². The first-order chi connectivity index (χ1) is 8.22. The summed E-state index contributed by atoms with van der Waals surface area (Å²) in [6.45, 7) is 9.05. The van der Waals surface area contributed by atoms with Gasteiger partial charge in [0.25, 0.3) is 0 Å². The Kier molecular flexibility index (Phi) is 4.06. The predicted molar refractivity (Wildman–Crippen MR) is 74.7 cm³/mol. The lowest BCUT2D eigenvalue weighted by Gasteiger charge is -2.28. The maximum atomic E-state index is 3.57. The Hall–Kier alpha value is -1.02. The summed E-state index contributed by atoms with van der Waals surface area (Å²) in [6.07, 6.45) is 2.40. The van der Waals surface area contributed by atoms with Gasteiger partial charge >= 0.3 is 0 Å². The molecule has 1 aliphatic rings.